The summed E-state index contributed by atoms with van der Waals surface area (Å²) in [6.45, 7) is 5.63. The van der Waals surface area contributed by atoms with Gasteiger partial charge in [0.1, 0.15) is 0 Å². The van der Waals surface area contributed by atoms with E-state index in [1.54, 1.807) is 0 Å². The Kier molecular flexibility index (Phi) is 2.93. The molecule has 0 atom stereocenters. The molecule has 0 amide bonds. The van der Waals surface area contributed by atoms with Crippen molar-refractivity contribution in [3.05, 3.63) is 54.8 Å². The Bertz CT molecular complexity index is 570. The minimum Gasteiger partial charge on any atom is -0.355 e. The molecule has 1 heterocycles. The highest BCUT2D eigenvalue weighted by Gasteiger charge is 2.01. The molecule has 0 spiro atoms. The first-order valence-electron chi connectivity index (χ1n) is 5.18. The van der Waals surface area contributed by atoms with Gasteiger partial charge in [-0.15, -0.1) is 5.92 Å². The van der Waals surface area contributed by atoms with Gasteiger partial charge >= 0.3 is 0 Å². The molecule has 0 unspecified atom stereocenters. The number of para-hydroxylation sites is 1. The zero-order valence-corrected chi connectivity index (χ0v) is 9.25. The van der Waals surface area contributed by atoms with E-state index in [0.717, 1.165) is 16.8 Å². The van der Waals surface area contributed by atoms with Gasteiger partial charge in [0, 0.05) is 22.2 Å². The van der Waals surface area contributed by atoms with E-state index in [-0.39, 0.29) is 0 Å². The van der Waals surface area contributed by atoms with Crippen LogP contribution in [0.3, 0.4) is 0 Å². The lowest BCUT2D eigenvalue weighted by Crippen LogP contribution is -1.78. The van der Waals surface area contributed by atoms with Gasteiger partial charge in [-0.25, -0.2) is 0 Å². The Hall–Kier alpha value is -2.20. The van der Waals surface area contributed by atoms with Crippen LogP contribution in [0, 0.1) is 11.8 Å². The van der Waals surface area contributed by atoms with Crippen molar-refractivity contribution in [1.82, 2.24) is 4.98 Å². The average Bonchev–Trinajstić information content (AvgIpc) is 2.73. The van der Waals surface area contributed by atoms with Gasteiger partial charge in [0.25, 0.3) is 0 Å². The molecule has 16 heavy (non-hydrogen) atoms. The second-order valence-electron chi connectivity index (χ2n) is 3.47. The lowest BCUT2D eigenvalue weighted by atomic mass is 10.1. The van der Waals surface area contributed by atoms with E-state index in [1.807, 2.05) is 31.2 Å². The normalized spacial score (nSPS) is 10.9. The average molecular weight is 207 g/mol. The molecule has 0 saturated carbocycles. The smallest absolute Gasteiger partial charge is 0.0471 e. The third-order valence-electron chi connectivity index (χ3n) is 2.43. The molecule has 1 aromatic heterocycles. The first-order chi connectivity index (χ1) is 7.85. The van der Waals surface area contributed by atoms with E-state index < -0.39 is 0 Å². The molecule has 1 nitrogen and oxygen atoms in total. The van der Waals surface area contributed by atoms with Crippen LogP contribution in [0.25, 0.3) is 16.5 Å². The maximum Gasteiger partial charge on any atom is 0.0471 e. The summed E-state index contributed by atoms with van der Waals surface area (Å²) in [4.78, 5) is 3.35. The fraction of sp³-hybridized carbons (Fsp3) is 0.0667. The van der Waals surface area contributed by atoms with Gasteiger partial charge in [-0.1, -0.05) is 36.8 Å². The number of hydrogen-bond donors (Lipinski definition) is 1. The number of nitrogens with one attached hydrogen (secondary N) is 1. The number of benzene rings is 1. The molecule has 0 saturated heterocycles. The summed E-state index contributed by atoms with van der Waals surface area (Å²) in [5, 5.41) is 1.20. The molecule has 78 valence electrons. The summed E-state index contributed by atoms with van der Waals surface area (Å²) < 4.78 is 0. The Morgan fingerprint density at radius 3 is 2.88 bits per heavy atom. The number of aromatic amines is 1. The molecule has 0 radical (unpaired) electrons. The maximum absolute atomic E-state index is 3.80. The minimum atomic E-state index is 1.02. The largest absolute Gasteiger partial charge is 0.355 e. The Labute approximate surface area is 95.5 Å². The number of allylic oxidation sites excluding steroid dienone is 3. The fourth-order valence-electron chi connectivity index (χ4n) is 1.63. The first-order valence-corrected chi connectivity index (χ1v) is 5.18. The Morgan fingerprint density at radius 2 is 2.19 bits per heavy atom. The SMILES string of the molecule is C=C/C(=C\C#CC)c1cc2ccccc2[nH]1. The van der Waals surface area contributed by atoms with Crippen LogP contribution in [0.5, 0.6) is 0 Å². The molecule has 0 aliphatic carbocycles. The van der Waals surface area contributed by atoms with Crippen molar-refractivity contribution >= 4 is 16.5 Å². The van der Waals surface area contributed by atoms with Crippen LogP contribution in [0.1, 0.15) is 12.6 Å². The molecule has 1 heteroatoms. The quantitative estimate of drug-likeness (QED) is 0.570. The van der Waals surface area contributed by atoms with E-state index in [4.69, 9.17) is 0 Å². The monoisotopic (exact) mass is 207 g/mol. The standard InChI is InChI=1S/C15H13N/c1-3-5-8-12(4-2)15-11-13-9-6-7-10-14(13)16-15/h4,6-11,16H,2H2,1H3/b12-8+. The van der Waals surface area contributed by atoms with Gasteiger partial charge in [-0.05, 0) is 25.1 Å². The van der Waals surface area contributed by atoms with Crippen molar-refractivity contribution in [2.75, 3.05) is 0 Å². The summed E-state index contributed by atoms with van der Waals surface area (Å²) in [5.41, 5.74) is 3.21. The molecule has 0 fully saturated rings. The molecule has 0 bridgehead atoms. The van der Waals surface area contributed by atoms with E-state index in [9.17, 15) is 0 Å². The van der Waals surface area contributed by atoms with E-state index in [2.05, 4.69) is 41.6 Å². The van der Waals surface area contributed by atoms with Crippen LogP contribution in [-0.2, 0) is 0 Å². The molecule has 1 N–H and O–H groups in total. The van der Waals surface area contributed by atoms with Crippen molar-refractivity contribution in [2.24, 2.45) is 0 Å². The second-order valence-corrected chi connectivity index (χ2v) is 3.47. The first kappa shape index (κ1) is 10.3. The Morgan fingerprint density at radius 1 is 1.38 bits per heavy atom. The van der Waals surface area contributed by atoms with Gasteiger partial charge in [-0.2, -0.15) is 0 Å². The van der Waals surface area contributed by atoms with E-state index in [0.29, 0.717) is 0 Å². The highest BCUT2D eigenvalue weighted by molar-refractivity contribution is 5.87. The predicted molar refractivity (Wildman–Crippen MR) is 69.9 cm³/mol. The second kappa shape index (κ2) is 4.55. The topological polar surface area (TPSA) is 15.8 Å². The molecule has 2 rings (SSSR count). The summed E-state index contributed by atoms with van der Waals surface area (Å²) in [6, 6.07) is 10.3. The summed E-state index contributed by atoms with van der Waals surface area (Å²) >= 11 is 0. The third-order valence-corrected chi connectivity index (χ3v) is 2.43. The Balaban J connectivity index is 2.52. The maximum atomic E-state index is 3.80. The van der Waals surface area contributed by atoms with Crippen LogP contribution in [-0.4, -0.2) is 4.98 Å². The highest BCUT2D eigenvalue weighted by atomic mass is 14.7. The van der Waals surface area contributed by atoms with Crippen LogP contribution >= 0.6 is 0 Å². The van der Waals surface area contributed by atoms with Crippen LogP contribution in [0.15, 0.2) is 49.1 Å². The summed E-state index contributed by atoms with van der Waals surface area (Å²) in [5.74, 6) is 5.79. The molecule has 1 aromatic carbocycles. The lowest BCUT2D eigenvalue weighted by molar-refractivity contribution is 1.41. The van der Waals surface area contributed by atoms with Crippen molar-refractivity contribution < 1.29 is 0 Å². The summed E-state index contributed by atoms with van der Waals surface area (Å²) in [6.07, 6.45) is 3.69. The molecule has 0 aliphatic heterocycles. The van der Waals surface area contributed by atoms with Gasteiger partial charge in [-0.3, -0.25) is 0 Å². The molecule has 2 aromatic rings. The highest BCUT2D eigenvalue weighted by Crippen LogP contribution is 2.20. The van der Waals surface area contributed by atoms with E-state index >= 15 is 0 Å². The zero-order valence-electron chi connectivity index (χ0n) is 9.25. The van der Waals surface area contributed by atoms with Crippen LogP contribution < -0.4 is 0 Å². The number of hydrogen-bond acceptors (Lipinski definition) is 0. The lowest BCUT2D eigenvalue weighted by Gasteiger charge is -1.94. The van der Waals surface area contributed by atoms with Crippen molar-refractivity contribution in [1.29, 1.82) is 0 Å². The van der Waals surface area contributed by atoms with Crippen molar-refractivity contribution in [3.8, 4) is 11.8 Å². The van der Waals surface area contributed by atoms with Gasteiger partial charge in [0.15, 0.2) is 0 Å². The van der Waals surface area contributed by atoms with Crippen molar-refractivity contribution in [2.45, 2.75) is 6.92 Å². The third kappa shape index (κ3) is 1.92. The van der Waals surface area contributed by atoms with Gasteiger partial charge in [0.2, 0.25) is 0 Å². The number of rotatable bonds is 2. The number of H-pyrrole nitrogens is 1. The fourth-order valence-corrected chi connectivity index (χ4v) is 1.63. The number of aromatic nitrogens is 1. The molecular weight excluding hydrogens is 194 g/mol. The van der Waals surface area contributed by atoms with Crippen LogP contribution in [0.2, 0.25) is 0 Å². The number of fused-ring (bicyclic) bond motifs is 1. The molecule has 0 aliphatic rings. The minimum absolute atomic E-state index is 1.02. The van der Waals surface area contributed by atoms with E-state index in [1.165, 1.54) is 5.39 Å². The summed E-state index contributed by atoms with van der Waals surface area (Å²) in [7, 11) is 0. The van der Waals surface area contributed by atoms with Gasteiger partial charge < -0.3 is 4.98 Å². The zero-order chi connectivity index (χ0) is 11.4. The molecular formula is C15H13N. The van der Waals surface area contributed by atoms with Gasteiger partial charge in [0.05, 0.1) is 0 Å². The van der Waals surface area contributed by atoms with Crippen molar-refractivity contribution in [3.63, 3.8) is 0 Å². The van der Waals surface area contributed by atoms with Crippen LogP contribution in [0.4, 0.5) is 0 Å². The predicted octanol–water partition coefficient (Wildman–Crippen LogP) is 3.76.